The molecule has 0 fully saturated rings. The highest BCUT2D eigenvalue weighted by Gasteiger charge is 2.24. The second-order valence-corrected chi connectivity index (χ2v) is 6.99. The number of carbonyl (C=O) groups is 1. The summed E-state index contributed by atoms with van der Waals surface area (Å²) >= 11 is 3.35. The van der Waals surface area contributed by atoms with E-state index < -0.39 is 0 Å². The van der Waals surface area contributed by atoms with Gasteiger partial charge in [-0.2, -0.15) is 0 Å². The van der Waals surface area contributed by atoms with Gasteiger partial charge in [-0.3, -0.25) is 9.79 Å². The summed E-state index contributed by atoms with van der Waals surface area (Å²) in [5.41, 5.74) is 2.51. The van der Waals surface area contributed by atoms with Crippen LogP contribution in [0.5, 0.6) is 0 Å². The van der Waals surface area contributed by atoms with Crippen molar-refractivity contribution in [2.75, 3.05) is 18.9 Å². The number of aliphatic imine (C=N–C) groups is 1. The largest absolute Gasteiger partial charge is 0.356 e. The Morgan fingerprint density at radius 1 is 1.30 bits per heavy atom. The lowest BCUT2D eigenvalue weighted by Gasteiger charge is -2.26. The molecule has 0 aromatic heterocycles. The number of carbonyl (C=O) groups excluding carboxylic acids is 1. The zero-order valence-electron chi connectivity index (χ0n) is 14.8. The van der Waals surface area contributed by atoms with Crippen LogP contribution in [0.2, 0.25) is 0 Å². The molecule has 5 nitrogen and oxygen atoms in total. The van der Waals surface area contributed by atoms with Gasteiger partial charge in [0, 0.05) is 48.2 Å². The highest BCUT2D eigenvalue weighted by atomic mass is 127. The summed E-state index contributed by atoms with van der Waals surface area (Å²) < 4.78 is 14.7. The first-order valence-corrected chi connectivity index (χ1v) is 9.13. The summed E-state index contributed by atoms with van der Waals surface area (Å²) in [6.07, 6.45) is 0.418. The third kappa shape index (κ3) is 5.65. The van der Waals surface area contributed by atoms with Gasteiger partial charge in [0.05, 0.1) is 0 Å². The van der Waals surface area contributed by atoms with Crippen LogP contribution in [0.15, 0.2) is 51.9 Å². The highest BCUT2D eigenvalue weighted by Crippen LogP contribution is 2.31. The summed E-state index contributed by atoms with van der Waals surface area (Å²) in [7, 11) is 1.66. The van der Waals surface area contributed by atoms with Crippen LogP contribution in [0.4, 0.5) is 10.1 Å². The van der Waals surface area contributed by atoms with E-state index in [1.807, 2.05) is 24.3 Å². The topological polar surface area (TPSA) is 65.5 Å². The molecule has 0 spiro atoms. The Balaban J connectivity index is 0.00000261. The predicted octanol–water partition coefficient (Wildman–Crippen LogP) is 4.00. The van der Waals surface area contributed by atoms with Crippen molar-refractivity contribution in [3.05, 3.63) is 63.9 Å². The molecule has 1 heterocycles. The molecular formula is C19H21BrFIN4O. The second-order valence-electron chi connectivity index (χ2n) is 6.08. The number of hydrogen-bond donors (Lipinski definition) is 3. The molecule has 0 saturated carbocycles. The Morgan fingerprint density at radius 2 is 2.07 bits per heavy atom. The molecule has 2 aromatic rings. The summed E-state index contributed by atoms with van der Waals surface area (Å²) in [4.78, 5) is 16.1. The van der Waals surface area contributed by atoms with E-state index in [9.17, 15) is 9.18 Å². The number of anilines is 1. The number of nitrogens with one attached hydrogen (secondary N) is 3. The zero-order valence-corrected chi connectivity index (χ0v) is 18.7. The Morgan fingerprint density at radius 3 is 2.85 bits per heavy atom. The quantitative estimate of drug-likeness (QED) is 0.308. The molecule has 27 heavy (non-hydrogen) atoms. The smallest absolute Gasteiger partial charge is 0.225 e. The normalized spacial score (nSPS) is 16.0. The number of rotatable bonds is 4. The first-order chi connectivity index (χ1) is 12.6. The van der Waals surface area contributed by atoms with E-state index in [1.54, 1.807) is 19.2 Å². The van der Waals surface area contributed by atoms with Gasteiger partial charge < -0.3 is 16.0 Å². The minimum atomic E-state index is -0.269. The molecule has 1 amide bonds. The Hall–Kier alpha value is -1.68. The molecule has 2 aromatic carbocycles. The minimum absolute atomic E-state index is 0. The molecular weight excluding hydrogens is 526 g/mol. The molecule has 0 radical (unpaired) electrons. The van der Waals surface area contributed by atoms with Crippen molar-refractivity contribution in [1.29, 1.82) is 0 Å². The van der Waals surface area contributed by atoms with E-state index in [0.717, 1.165) is 15.7 Å². The molecule has 3 rings (SSSR count). The fourth-order valence-electron chi connectivity index (χ4n) is 2.98. The number of amides is 1. The van der Waals surface area contributed by atoms with Crippen molar-refractivity contribution >= 4 is 57.5 Å². The maximum atomic E-state index is 13.8. The highest BCUT2D eigenvalue weighted by molar-refractivity contribution is 14.0. The van der Waals surface area contributed by atoms with E-state index in [0.29, 0.717) is 31.0 Å². The van der Waals surface area contributed by atoms with Crippen LogP contribution in [0.25, 0.3) is 0 Å². The van der Waals surface area contributed by atoms with Gasteiger partial charge >= 0.3 is 0 Å². The van der Waals surface area contributed by atoms with E-state index in [4.69, 9.17) is 0 Å². The molecule has 0 aliphatic carbocycles. The van der Waals surface area contributed by atoms with Crippen molar-refractivity contribution in [2.24, 2.45) is 4.99 Å². The summed E-state index contributed by atoms with van der Waals surface area (Å²) in [5, 5.41) is 9.23. The fourth-order valence-corrected chi connectivity index (χ4v) is 3.39. The lowest BCUT2D eigenvalue weighted by Crippen LogP contribution is -2.40. The number of guanidine groups is 1. The van der Waals surface area contributed by atoms with Crippen molar-refractivity contribution in [2.45, 2.75) is 18.9 Å². The van der Waals surface area contributed by atoms with Gasteiger partial charge in [-0.15, -0.1) is 24.0 Å². The number of halogens is 3. The lowest BCUT2D eigenvalue weighted by atomic mass is 9.90. The molecule has 0 saturated heterocycles. The number of benzene rings is 2. The second kappa shape index (κ2) is 10.0. The first-order valence-electron chi connectivity index (χ1n) is 8.34. The summed E-state index contributed by atoms with van der Waals surface area (Å²) in [6.45, 7) is 0.873. The average Bonchev–Trinajstić information content (AvgIpc) is 2.64. The number of hydrogen-bond acceptors (Lipinski definition) is 2. The van der Waals surface area contributed by atoms with Crippen LogP contribution in [0, 0.1) is 5.82 Å². The SMILES string of the molecule is CN=C(NCc1cc(Br)ccc1F)NCC1CC(=O)Nc2ccccc21.I. The molecule has 8 heteroatoms. The van der Waals surface area contributed by atoms with Gasteiger partial charge in [-0.1, -0.05) is 34.1 Å². The molecule has 1 aliphatic heterocycles. The fraction of sp³-hybridized carbons (Fsp3) is 0.263. The minimum Gasteiger partial charge on any atom is -0.356 e. The van der Waals surface area contributed by atoms with E-state index in [2.05, 4.69) is 36.9 Å². The van der Waals surface area contributed by atoms with Gasteiger partial charge in [0.1, 0.15) is 5.82 Å². The zero-order chi connectivity index (χ0) is 18.5. The monoisotopic (exact) mass is 546 g/mol. The van der Waals surface area contributed by atoms with E-state index in [-0.39, 0.29) is 41.6 Å². The predicted molar refractivity (Wildman–Crippen MR) is 120 cm³/mol. The van der Waals surface area contributed by atoms with Gasteiger partial charge in [0.2, 0.25) is 5.91 Å². The molecule has 144 valence electrons. The van der Waals surface area contributed by atoms with Crippen LogP contribution in [0.1, 0.15) is 23.5 Å². The molecule has 1 aliphatic rings. The number of fused-ring (bicyclic) bond motifs is 1. The van der Waals surface area contributed by atoms with Crippen LogP contribution >= 0.6 is 39.9 Å². The van der Waals surface area contributed by atoms with Gasteiger partial charge in [-0.25, -0.2) is 4.39 Å². The van der Waals surface area contributed by atoms with Crippen LogP contribution in [0.3, 0.4) is 0 Å². The van der Waals surface area contributed by atoms with Crippen LogP contribution in [-0.2, 0) is 11.3 Å². The third-order valence-corrected chi connectivity index (χ3v) is 4.79. The molecule has 0 bridgehead atoms. The molecule has 3 N–H and O–H groups in total. The van der Waals surface area contributed by atoms with Crippen LogP contribution in [-0.4, -0.2) is 25.5 Å². The summed E-state index contributed by atoms with van der Waals surface area (Å²) in [6, 6.07) is 12.6. The van der Waals surface area contributed by atoms with Crippen molar-refractivity contribution in [1.82, 2.24) is 10.6 Å². The third-order valence-electron chi connectivity index (χ3n) is 4.30. The summed E-state index contributed by atoms with van der Waals surface area (Å²) in [5.74, 6) is 0.359. The van der Waals surface area contributed by atoms with Gasteiger partial charge in [0.15, 0.2) is 5.96 Å². The Bertz CT molecular complexity index is 846. The van der Waals surface area contributed by atoms with Gasteiger partial charge in [0.25, 0.3) is 0 Å². The maximum absolute atomic E-state index is 13.8. The number of para-hydroxylation sites is 1. The Kier molecular flexibility index (Phi) is 8.03. The van der Waals surface area contributed by atoms with Crippen molar-refractivity contribution in [3.8, 4) is 0 Å². The lowest BCUT2D eigenvalue weighted by molar-refractivity contribution is -0.116. The Labute approximate surface area is 183 Å². The van der Waals surface area contributed by atoms with Crippen molar-refractivity contribution in [3.63, 3.8) is 0 Å². The maximum Gasteiger partial charge on any atom is 0.225 e. The van der Waals surface area contributed by atoms with Gasteiger partial charge in [-0.05, 0) is 29.8 Å². The van der Waals surface area contributed by atoms with Crippen molar-refractivity contribution < 1.29 is 9.18 Å². The average molecular weight is 547 g/mol. The first kappa shape index (κ1) is 21.6. The van der Waals surface area contributed by atoms with Crippen LogP contribution < -0.4 is 16.0 Å². The van der Waals surface area contributed by atoms with E-state index >= 15 is 0 Å². The molecule has 1 atom stereocenters. The molecule has 1 unspecified atom stereocenters. The number of nitrogens with zero attached hydrogens (tertiary/aromatic N) is 1. The standard InChI is InChI=1S/C19H20BrFN4O.HI/c1-22-19(24-11-13-8-14(20)6-7-16(13)21)23-10-12-9-18(26)25-17-5-3-2-4-15(12)17;/h2-8,12H,9-11H2,1H3,(H,25,26)(H2,22,23,24);1H. The van der Waals surface area contributed by atoms with E-state index in [1.165, 1.54) is 6.07 Å².